The lowest BCUT2D eigenvalue weighted by molar-refractivity contribution is 0.768. The van der Waals surface area contributed by atoms with Crippen molar-refractivity contribution in [2.75, 3.05) is 4.90 Å². The molecule has 0 aliphatic heterocycles. The Morgan fingerprint density at radius 1 is 0.367 bits per heavy atom. The van der Waals surface area contributed by atoms with Crippen LogP contribution in [0.1, 0.15) is 27.7 Å². The fourth-order valence-electron chi connectivity index (χ4n) is 9.36. The molecule has 0 saturated carbocycles. The van der Waals surface area contributed by atoms with Crippen molar-refractivity contribution in [1.82, 2.24) is 0 Å². The van der Waals surface area contributed by atoms with E-state index in [4.69, 9.17) is 0 Å². The van der Waals surface area contributed by atoms with Gasteiger partial charge in [-0.25, -0.2) is 0 Å². The first-order valence-electron chi connectivity index (χ1n) is 22.4. The summed E-state index contributed by atoms with van der Waals surface area (Å²) >= 11 is 0. The molecule has 0 aromatic heterocycles. The highest BCUT2D eigenvalue weighted by Crippen LogP contribution is 2.59. The summed E-state index contributed by atoms with van der Waals surface area (Å²) in [6.07, 6.45) is 0. The largest absolute Gasteiger partial charge is 0.310 e. The molecule has 0 atom stereocenters. The summed E-state index contributed by atoms with van der Waals surface area (Å²) < 4.78 is 38.6. The maximum Gasteiger partial charge on any atom is 0.0714 e. The molecule has 10 aromatic carbocycles. The third-order valence-corrected chi connectivity index (χ3v) is 12.0. The van der Waals surface area contributed by atoms with Crippen LogP contribution in [0.2, 0.25) is 0 Å². The molecule has 60 heavy (non-hydrogen) atoms. The Kier molecular flexibility index (Phi) is 7.76. The van der Waals surface area contributed by atoms with Crippen LogP contribution in [0.25, 0.3) is 55.3 Å². The second kappa shape index (κ2) is 14.9. The number of rotatable bonds is 8. The highest BCUT2D eigenvalue weighted by atomic mass is 15.1. The average Bonchev–Trinajstić information content (AvgIpc) is 3.67. The van der Waals surface area contributed by atoms with Gasteiger partial charge in [-0.05, 0) is 102 Å². The Hall–Kier alpha value is -7.74. The van der Waals surface area contributed by atoms with E-state index < -0.39 is 5.41 Å². The molecule has 0 fully saturated rings. The Morgan fingerprint density at radius 3 is 1.58 bits per heavy atom. The third-order valence-electron chi connectivity index (χ3n) is 12.0. The maximum absolute atomic E-state index is 10.2. The van der Waals surface area contributed by atoms with Crippen LogP contribution in [0, 0.1) is 0 Å². The van der Waals surface area contributed by atoms with Crippen LogP contribution in [0.5, 0.6) is 0 Å². The molecule has 282 valence electrons. The minimum absolute atomic E-state index is 0.0178. The quantitative estimate of drug-likeness (QED) is 0.149. The maximum atomic E-state index is 10.2. The van der Waals surface area contributed by atoms with Crippen LogP contribution < -0.4 is 4.90 Å². The van der Waals surface area contributed by atoms with Crippen LogP contribution >= 0.6 is 0 Å². The van der Waals surface area contributed by atoms with E-state index in [9.17, 15) is 5.48 Å². The molecule has 1 heteroatoms. The zero-order valence-electron chi connectivity index (χ0n) is 36.8. The van der Waals surface area contributed by atoms with Gasteiger partial charge < -0.3 is 4.90 Å². The van der Waals surface area contributed by atoms with Crippen molar-refractivity contribution in [3.8, 4) is 44.5 Å². The predicted octanol–water partition coefficient (Wildman–Crippen LogP) is 15.7. The van der Waals surface area contributed by atoms with E-state index in [0.717, 1.165) is 77.8 Å². The smallest absolute Gasteiger partial charge is 0.0714 e. The zero-order valence-corrected chi connectivity index (χ0v) is 32.8. The van der Waals surface area contributed by atoms with Gasteiger partial charge in [-0.15, -0.1) is 0 Å². The molecule has 0 unspecified atom stereocenters. The minimum Gasteiger partial charge on any atom is -0.310 e. The Bertz CT molecular complexity index is 3300. The van der Waals surface area contributed by atoms with Gasteiger partial charge in [-0.2, -0.15) is 0 Å². The number of nitrogens with zero attached hydrogens (tertiary/aromatic N) is 1. The molecule has 1 nitrogen and oxygen atoms in total. The van der Waals surface area contributed by atoms with Crippen molar-refractivity contribution in [3.63, 3.8) is 0 Å². The number of hydrogen-bond acceptors (Lipinski definition) is 1. The van der Waals surface area contributed by atoms with Gasteiger partial charge in [0.2, 0.25) is 0 Å². The summed E-state index contributed by atoms with van der Waals surface area (Å²) in [5.74, 6) is 0. The fourth-order valence-corrected chi connectivity index (χ4v) is 9.36. The zero-order chi connectivity index (χ0) is 43.4. The summed E-state index contributed by atoms with van der Waals surface area (Å²) in [5, 5.41) is 1.86. The van der Waals surface area contributed by atoms with E-state index in [-0.39, 0.29) is 29.9 Å². The summed E-state index contributed by atoms with van der Waals surface area (Å²) in [6, 6.07) is 76.8. The second-order valence-electron chi connectivity index (χ2n) is 15.3. The van der Waals surface area contributed by atoms with E-state index in [1.807, 2.05) is 53.4 Å². The van der Waals surface area contributed by atoms with Gasteiger partial charge >= 0.3 is 0 Å². The van der Waals surface area contributed by atoms with Crippen LogP contribution in [0.3, 0.4) is 0 Å². The van der Waals surface area contributed by atoms with E-state index in [1.54, 1.807) is 0 Å². The predicted molar refractivity (Wildman–Crippen MR) is 252 cm³/mol. The van der Waals surface area contributed by atoms with Crippen LogP contribution in [-0.2, 0) is 5.41 Å². The Labute approximate surface area is 357 Å². The molecule has 0 N–H and O–H groups in total. The molecule has 0 heterocycles. The summed E-state index contributed by atoms with van der Waals surface area (Å²) in [7, 11) is 0. The number of fused-ring (bicyclic) bond motifs is 4. The van der Waals surface area contributed by atoms with E-state index in [2.05, 4.69) is 176 Å². The van der Waals surface area contributed by atoms with Gasteiger partial charge in [0.05, 0.1) is 16.6 Å². The van der Waals surface area contributed by atoms with Crippen LogP contribution in [0.15, 0.2) is 249 Å². The van der Waals surface area contributed by atoms with Crippen molar-refractivity contribution < 1.29 is 5.48 Å². The molecular formula is C59H41N. The van der Waals surface area contributed by atoms with E-state index >= 15 is 0 Å². The molecule has 0 radical (unpaired) electrons. The number of benzene rings is 10. The monoisotopic (exact) mass is 767 g/mol. The van der Waals surface area contributed by atoms with Gasteiger partial charge in [-0.1, -0.05) is 218 Å². The van der Waals surface area contributed by atoms with Crippen molar-refractivity contribution in [2.24, 2.45) is 0 Å². The molecule has 0 saturated heterocycles. The summed E-state index contributed by atoms with van der Waals surface area (Å²) in [6.45, 7) is 0. The van der Waals surface area contributed by atoms with Gasteiger partial charge in [0.25, 0.3) is 0 Å². The van der Waals surface area contributed by atoms with Crippen LogP contribution in [-0.4, -0.2) is 0 Å². The lowest BCUT2D eigenvalue weighted by atomic mass is 9.68. The topological polar surface area (TPSA) is 3.24 Å². The van der Waals surface area contributed by atoms with Crippen molar-refractivity contribution in [2.45, 2.75) is 5.41 Å². The second-order valence-corrected chi connectivity index (χ2v) is 15.3. The van der Waals surface area contributed by atoms with Crippen molar-refractivity contribution in [1.29, 1.82) is 0 Å². The summed E-state index contributed by atoms with van der Waals surface area (Å²) in [5.41, 5.74) is 13.0. The molecule has 11 rings (SSSR count). The number of hydrogen-bond donors (Lipinski definition) is 0. The first-order valence-corrected chi connectivity index (χ1v) is 20.4. The lowest BCUT2D eigenvalue weighted by Crippen LogP contribution is -2.28. The van der Waals surface area contributed by atoms with Crippen molar-refractivity contribution >= 4 is 27.8 Å². The standard InChI is InChI=1S/C59H41N/c1-4-17-42(18-5-1)43-33-35-44(36-34-43)45-37-39-50(40-38-45)60(51-26-14-21-47(41-51)53-29-15-20-46-19-10-11-27-52(46)53)57-32-16-31-56-58(57)54-28-12-13-30-55(54)59(56,48-22-6-2-7-23-48)49-24-8-3-9-25-49/h1-41H/i14D,21D,26D,41D. The van der Waals surface area contributed by atoms with E-state index in [0.29, 0.717) is 11.1 Å². The molecule has 10 aromatic rings. The van der Waals surface area contributed by atoms with E-state index in [1.165, 1.54) is 0 Å². The van der Waals surface area contributed by atoms with Crippen LogP contribution in [0.4, 0.5) is 17.1 Å². The highest BCUT2D eigenvalue weighted by Gasteiger charge is 2.47. The number of anilines is 3. The minimum atomic E-state index is -0.681. The van der Waals surface area contributed by atoms with Gasteiger partial charge in [-0.3, -0.25) is 0 Å². The SMILES string of the molecule is [2H]c1c([2H])c(-c2cccc3ccccc23)c([2H])c(N(c2ccc(-c3ccc(-c4ccccc4)cc3)cc2)c2cccc3c2-c2ccccc2C3(c2ccccc2)c2ccccc2)c1[2H]. The molecular weight excluding hydrogens is 723 g/mol. The average molecular weight is 768 g/mol. The first kappa shape index (κ1) is 31.3. The molecule has 0 amide bonds. The van der Waals surface area contributed by atoms with Gasteiger partial charge in [0.1, 0.15) is 0 Å². The molecule has 0 spiro atoms. The molecule has 0 bridgehead atoms. The van der Waals surface area contributed by atoms with Gasteiger partial charge in [0, 0.05) is 16.9 Å². The normalized spacial score (nSPS) is 13.4. The summed E-state index contributed by atoms with van der Waals surface area (Å²) in [4.78, 5) is 2.00. The van der Waals surface area contributed by atoms with Crippen molar-refractivity contribution in [3.05, 3.63) is 271 Å². The highest BCUT2D eigenvalue weighted by molar-refractivity contribution is 6.00. The third kappa shape index (κ3) is 5.86. The lowest BCUT2D eigenvalue weighted by Gasteiger charge is -2.34. The molecule has 1 aliphatic rings. The Balaban J connectivity index is 1.18. The Morgan fingerprint density at radius 2 is 0.883 bits per heavy atom. The van der Waals surface area contributed by atoms with Gasteiger partial charge in [0.15, 0.2) is 0 Å². The fraction of sp³-hybridized carbons (Fsp3) is 0.0169. The molecule has 1 aliphatic carbocycles. The first-order chi connectivity index (χ1) is 31.4.